The molecule has 0 bridgehead atoms. The molecule has 0 unspecified atom stereocenters. The fraction of sp³-hybridized carbons (Fsp3) is 0.643. The van der Waals surface area contributed by atoms with Crippen LogP contribution in [0.1, 0.15) is 54.6 Å². The molecule has 1 aromatic rings. The predicted molar refractivity (Wildman–Crippen MR) is 71.3 cm³/mol. The molecular formula is C14H20N2O4. The zero-order chi connectivity index (χ0) is 14.6. The summed E-state index contributed by atoms with van der Waals surface area (Å²) in [5.41, 5.74) is -0.476. The van der Waals surface area contributed by atoms with Gasteiger partial charge < -0.3 is 14.9 Å². The standard InChI is InChI=1S/C14H20N2O4/c1-10-11(8-16-20-10)12(17)15-9-14(13(18)19)6-4-2-3-5-7-14/h8H,2-7,9H2,1H3,(H,15,17)(H,18,19). The molecule has 0 spiro atoms. The van der Waals surface area contributed by atoms with Crippen molar-refractivity contribution in [1.29, 1.82) is 0 Å². The summed E-state index contributed by atoms with van der Waals surface area (Å²) in [7, 11) is 0. The van der Waals surface area contributed by atoms with E-state index >= 15 is 0 Å². The van der Waals surface area contributed by atoms with Crippen LogP contribution >= 0.6 is 0 Å². The molecule has 0 aromatic carbocycles. The van der Waals surface area contributed by atoms with Crippen LogP contribution in [0.15, 0.2) is 10.7 Å². The zero-order valence-electron chi connectivity index (χ0n) is 11.6. The second-order valence-electron chi connectivity index (χ2n) is 5.48. The van der Waals surface area contributed by atoms with Gasteiger partial charge in [-0.15, -0.1) is 0 Å². The molecule has 0 aliphatic heterocycles. The maximum atomic E-state index is 12.0. The van der Waals surface area contributed by atoms with E-state index in [-0.39, 0.29) is 12.5 Å². The van der Waals surface area contributed by atoms with E-state index < -0.39 is 11.4 Å². The smallest absolute Gasteiger partial charge is 0.311 e. The maximum absolute atomic E-state index is 12.0. The Morgan fingerprint density at radius 2 is 2.00 bits per heavy atom. The predicted octanol–water partition coefficient (Wildman–Crippen LogP) is 2.14. The van der Waals surface area contributed by atoms with E-state index in [9.17, 15) is 14.7 Å². The van der Waals surface area contributed by atoms with Crippen molar-refractivity contribution in [3.05, 3.63) is 17.5 Å². The molecular weight excluding hydrogens is 260 g/mol. The lowest BCUT2D eigenvalue weighted by Crippen LogP contribution is -2.43. The molecule has 1 heterocycles. The van der Waals surface area contributed by atoms with Crippen LogP contribution < -0.4 is 5.32 Å². The number of hydrogen-bond donors (Lipinski definition) is 2. The summed E-state index contributed by atoms with van der Waals surface area (Å²) in [6, 6.07) is 0. The Balaban J connectivity index is 2.04. The zero-order valence-corrected chi connectivity index (χ0v) is 11.6. The average Bonchev–Trinajstić information content (AvgIpc) is 2.71. The fourth-order valence-corrected chi connectivity index (χ4v) is 2.73. The molecule has 6 nitrogen and oxygen atoms in total. The lowest BCUT2D eigenvalue weighted by Gasteiger charge is -2.28. The number of rotatable bonds is 4. The van der Waals surface area contributed by atoms with Gasteiger partial charge in [0.05, 0.1) is 11.6 Å². The van der Waals surface area contributed by atoms with Gasteiger partial charge in [-0.2, -0.15) is 0 Å². The van der Waals surface area contributed by atoms with Gasteiger partial charge in [-0.3, -0.25) is 9.59 Å². The van der Waals surface area contributed by atoms with Crippen molar-refractivity contribution in [3.8, 4) is 0 Å². The number of nitrogens with one attached hydrogen (secondary N) is 1. The fourth-order valence-electron chi connectivity index (χ4n) is 2.73. The maximum Gasteiger partial charge on any atom is 0.311 e. The van der Waals surface area contributed by atoms with Crippen LogP contribution in [0.25, 0.3) is 0 Å². The molecule has 0 radical (unpaired) electrons. The number of carbonyl (C=O) groups is 2. The summed E-state index contributed by atoms with van der Waals surface area (Å²) in [5, 5.41) is 15.8. The third kappa shape index (κ3) is 3.00. The Labute approximate surface area is 117 Å². The van der Waals surface area contributed by atoms with Gasteiger partial charge in [0, 0.05) is 6.54 Å². The second kappa shape index (κ2) is 6.07. The Morgan fingerprint density at radius 3 is 2.50 bits per heavy atom. The third-order valence-electron chi connectivity index (χ3n) is 4.10. The van der Waals surface area contributed by atoms with Crippen molar-refractivity contribution in [2.75, 3.05) is 6.54 Å². The SMILES string of the molecule is Cc1oncc1C(=O)NCC1(C(=O)O)CCCCCC1. The van der Waals surface area contributed by atoms with Crippen molar-refractivity contribution in [2.45, 2.75) is 45.4 Å². The Morgan fingerprint density at radius 1 is 1.35 bits per heavy atom. The first-order valence-corrected chi connectivity index (χ1v) is 6.98. The minimum absolute atomic E-state index is 0.159. The van der Waals surface area contributed by atoms with E-state index in [1.807, 2.05) is 0 Å². The number of carboxylic acids is 1. The molecule has 1 fully saturated rings. The molecule has 0 saturated heterocycles. The number of carbonyl (C=O) groups excluding carboxylic acids is 1. The lowest BCUT2D eigenvalue weighted by molar-refractivity contribution is -0.149. The van der Waals surface area contributed by atoms with E-state index in [2.05, 4.69) is 10.5 Å². The van der Waals surface area contributed by atoms with Crippen molar-refractivity contribution in [3.63, 3.8) is 0 Å². The first-order valence-electron chi connectivity index (χ1n) is 6.98. The van der Waals surface area contributed by atoms with Crippen LogP contribution in [0.3, 0.4) is 0 Å². The summed E-state index contributed by atoms with van der Waals surface area (Å²) in [5.74, 6) is -0.705. The van der Waals surface area contributed by atoms with Crippen LogP contribution in [-0.4, -0.2) is 28.7 Å². The van der Waals surface area contributed by atoms with Gasteiger partial charge in [0.2, 0.25) is 0 Å². The summed E-state index contributed by atoms with van der Waals surface area (Å²) in [6.45, 7) is 1.81. The van der Waals surface area contributed by atoms with Crippen molar-refractivity contribution < 1.29 is 19.2 Å². The number of hydrogen-bond acceptors (Lipinski definition) is 4. The summed E-state index contributed by atoms with van der Waals surface area (Å²) < 4.78 is 4.84. The van der Waals surface area contributed by atoms with Crippen LogP contribution in [0.2, 0.25) is 0 Å². The van der Waals surface area contributed by atoms with Crippen LogP contribution in [0.5, 0.6) is 0 Å². The minimum Gasteiger partial charge on any atom is -0.481 e. The monoisotopic (exact) mass is 280 g/mol. The quantitative estimate of drug-likeness (QED) is 0.824. The van der Waals surface area contributed by atoms with E-state index in [1.54, 1.807) is 6.92 Å². The first kappa shape index (κ1) is 14.6. The number of aliphatic carboxylic acids is 1. The largest absolute Gasteiger partial charge is 0.481 e. The Bertz CT molecular complexity index is 487. The van der Waals surface area contributed by atoms with E-state index in [0.717, 1.165) is 25.7 Å². The van der Waals surface area contributed by atoms with Crippen molar-refractivity contribution in [2.24, 2.45) is 5.41 Å². The van der Waals surface area contributed by atoms with Gasteiger partial charge >= 0.3 is 5.97 Å². The molecule has 6 heteroatoms. The highest BCUT2D eigenvalue weighted by Crippen LogP contribution is 2.34. The molecule has 1 amide bonds. The van der Waals surface area contributed by atoms with Gasteiger partial charge in [-0.05, 0) is 19.8 Å². The highest BCUT2D eigenvalue weighted by atomic mass is 16.5. The number of nitrogens with zero attached hydrogens (tertiary/aromatic N) is 1. The van der Waals surface area contributed by atoms with Gasteiger partial charge in [0.25, 0.3) is 5.91 Å². The summed E-state index contributed by atoms with van der Waals surface area (Å²) in [4.78, 5) is 23.6. The molecule has 1 saturated carbocycles. The summed E-state index contributed by atoms with van der Waals surface area (Å²) in [6.07, 6.45) is 6.51. The highest BCUT2D eigenvalue weighted by Gasteiger charge is 2.39. The van der Waals surface area contributed by atoms with E-state index in [1.165, 1.54) is 6.20 Å². The molecule has 1 aromatic heterocycles. The molecule has 2 N–H and O–H groups in total. The number of aryl methyl sites for hydroxylation is 1. The number of carboxylic acid groups (broad SMARTS) is 1. The van der Waals surface area contributed by atoms with E-state index in [0.29, 0.717) is 24.2 Å². The highest BCUT2D eigenvalue weighted by molar-refractivity contribution is 5.95. The van der Waals surface area contributed by atoms with Gasteiger partial charge in [0.15, 0.2) is 0 Å². The van der Waals surface area contributed by atoms with Gasteiger partial charge in [0.1, 0.15) is 11.3 Å². The third-order valence-corrected chi connectivity index (χ3v) is 4.10. The minimum atomic E-state index is -0.836. The van der Waals surface area contributed by atoms with E-state index in [4.69, 9.17) is 4.52 Å². The molecule has 1 aliphatic carbocycles. The van der Waals surface area contributed by atoms with Crippen LogP contribution in [0.4, 0.5) is 0 Å². The first-order chi connectivity index (χ1) is 9.55. The normalized spacial score (nSPS) is 18.2. The van der Waals surface area contributed by atoms with Crippen molar-refractivity contribution >= 4 is 11.9 Å². The molecule has 2 rings (SSSR count). The number of aromatic nitrogens is 1. The van der Waals surface area contributed by atoms with Crippen LogP contribution in [-0.2, 0) is 4.79 Å². The Hall–Kier alpha value is -1.85. The lowest BCUT2D eigenvalue weighted by atomic mass is 9.80. The number of amides is 1. The molecule has 1 aliphatic rings. The Kier molecular flexibility index (Phi) is 4.42. The average molecular weight is 280 g/mol. The molecule has 0 atom stereocenters. The molecule has 110 valence electrons. The molecule has 20 heavy (non-hydrogen) atoms. The topological polar surface area (TPSA) is 92.4 Å². The van der Waals surface area contributed by atoms with Crippen LogP contribution in [0, 0.1) is 12.3 Å². The summed E-state index contributed by atoms with van der Waals surface area (Å²) >= 11 is 0. The second-order valence-corrected chi connectivity index (χ2v) is 5.48. The van der Waals surface area contributed by atoms with Crippen molar-refractivity contribution in [1.82, 2.24) is 10.5 Å². The van der Waals surface area contributed by atoms with Gasteiger partial charge in [-0.25, -0.2) is 0 Å². The van der Waals surface area contributed by atoms with Gasteiger partial charge in [-0.1, -0.05) is 30.8 Å².